The quantitative estimate of drug-likeness (QED) is 0.815. The van der Waals surface area contributed by atoms with Crippen LogP contribution in [-0.4, -0.2) is 17.6 Å². The molecule has 1 heterocycles. The minimum Gasteiger partial charge on any atom is -0.369 e. The number of hydrogen-bond acceptors (Lipinski definition) is 3. The van der Waals surface area contributed by atoms with E-state index in [2.05, 4.69) is 29.5 Å². The Hall–Kier alpha value is -0.670. The first-order chi connectivity index (χ1) is 9.51. The van der Waals surface area contributed by atoms with Crippen LogP contribution in [0, 0.1) is 11.8 Å². The van der Waals surface area contributed by atoms with Crippen LogP contribution >= 0.6 is 23.2 Å². The molecule has 1 fully saturated rings. The van der Waals surface area contributed by atoms with Gasteiger partial charge in [0.2, 0.25) is 0 Å². The molecule has 112 valence electrons. The number of nitrogens with zero attached hydrogens (tertiary/aromatic N) is 1. The highest BCUT2D eigenvalue weighted by Crippen LogP contribution is 2.34. The van der Waals surface area contributed by atoms with Gasteiger partial charge in [-0.15, -0.1) is 0 Å². The Bertz CT molecular complexity index is 465. The Labute approximate surface area is 131 Å². The molecular formula is C15H23Cl2N3. The lowest BCUT2D eigenvalue weighted by atomic mass is 9.80. The molecule has 0 saturated heterocycles. The van der Waals surface area contributed by atoms with E-state index < -0.39 is 0 Å². The van der Waals surface area contributed by atoms with E-state index in [0.717, 1.165) is 18.3 Å². The summed E-state index contributed by atoms with van der Waals surface area (Å²) >= 11 is 12.4. The molecule has 1 aliphatic rings. The first-order valence-corrected chi connectivity index (χ1v) is 8.13. The summed E-state index contributed by atoms with van der Waals surface area (Å²) in [5.41, 5.74) is 0. The minimum absolute atomic E-state index is 0.437. The second-order valence-electron chi connectivity index (χ2n) is 5.83. The van der Waals surface area contributed by atoms with Crippen LogP contribution in [0.4, 0.5) is 11.6 Å². The van der Waals surface area contributed by atoms with E-state index in [1.165, 1.54) is 19.3 Å². The maximum atomic E-state index is 6.26. The maximum absolute atomic E-state index is 6.26. The van der Waals surface area contributed by atoms with Gasteiger partial charge in [-0.1, -0.05) is 37.0 Å². The summed E-state index contributed by atoms with van der Waals surface area (Å²) in [6, 6.07) is 2.19. The van der Waals surface area contributed by atoms with E-state index in [9.17, 15) is 0 Å². The minimum atomic E-state index is 0.437. The summed E-state index contributed by atoms with van der Waals surface area (Å²) in [6.07, 6.45) is 3.68. The van der Waals surface area contributed by atoms with Crippen molar-refractivity contribution >= 4 is 34.8 Å². The molecule has 0 spiro atoms. The highest BCUT2D eigenvalue weighted by Gasteiger charge is 2.26. The van der Waals surface area contributed by atoms with Gasteiger partial charge in [0.25, 0.3) is 0 Å². The van der Waals surface area contributed by atoms with E-state index in [1.54, 1.807) is 6.07 Å². The van der Waals surface area contributed by atoms with Gasteiger partial charge in [0, 0.05) is 12.6 Å². The number of hydrogen-bond donors (Lipinski definition) is 2. The average molecular weight is 316 g/mol. The van der Waals surface area contributed by atoms with E-state index >= 15 is 0 Å². The summed E-state index contributed by atoms with van der Waals surface area (Å²) in [5, 5.41) is 7.81. The van der Waals surface area contributed by atoms with Crippen molar-refractivity contribution in [3.63, 3.8) is 0 Å². The van der Waals surface area contributed by atoms with Crippen LogP contribution in [0.15, 0.2) is 6.07 Å². The van der Waals surface area contributed by atoms with Crippen LogP contribution in [0.2, 0.25) is 10.0 Å². The zero-order valence-corrected chi connectivity index (χ0v) is 13.9. The van der Waals surface area contributed by atoms with Gasteiger partial charge in [-0.2, -0.15) is 0 Å². The van der Waals surface area contributed by atoms with Crippen molar-refractivity contribution in [1.82, 2.24) is 4.98 Å². The molecule has 0 aliphatic heterocycles. The molecular weight excluding hydrogens is 293 g/mol. The molecule has 0 amide bonds. The zero-order chi connectivity index (χ0) is 14.7. The molecule has 1 aromatic rings. The molecule has 0 radical (unpaired) electrons. The van der Waals surface area contributed by atoms with Crippen molar-refractivity contribution in [2.75, 3.05) is 17.2 Å². The van der Waals surface area contributed by atoms with Crippen LogP contribution < -0.4 is 10.6 Å². The van der Waals surface area contributed by atoms with Crippen LogP contribution in [0.5, 0.6) is 0 Å². The fourth-order valence-electron chi connectivity index (χ4n) is 2.91. The third-order valence-electron chi connectivity index (χ3n) is 4.03. The molecule has 1 aromatic heterocycles. The molecule has 2 rings (SSSR count). The van der Waals surface area contributed by atoms with Crippen molar-refractivity contribution in [3.8, 4) is 0 Å². The molecule has 0 bridgehead atoms. The predicted molar refractivity (Wildman–Crippen MR) is 88.0 cm³/mol. The molecule has 5 heteroatoms. The van der Waals surface area contributed by atoms with Crippen LogP contribution in [0.25, 0.3) is 0 Å². The van der Waals surface area contributed by atoms with Gasteiger partial charge in [-0.05, 0) is 44.1 Å². The van der Waals surface area contributed by atoms with Gasteiger partial charge in [0.1, 0.15) is 11.6 Å². The molecule has 1 aliphatic carbocycles. The average Bonchev–Trinajstić information content (AvgIpc) is 2.38. The highest BCUT2D eigenvalue weighted by molar-refractivity contribution is 6.37. The number of halogens is 2. The Balaban J connectivity index is 2.14. The first-order valence-electron chi connectivity index (χ1n) is 7.37. The van der Waals surface area contributed by atoms with Crippen molar-refractivity contribution in [2.24, 2.45) is 11.8 Å². The largest absolute Gasteiger partial charge is 0.369 e. The topological polar surface area (TPSA) is 37.0 Å². The molecule has 1 saturated carbocycles. The molecule has 20 heavy (non-hydrogen) atoms. The Kier molecular flexibility index (Phi) is 5.39. The lowest BCUT2D eigenvalue weighted by Crippen LogP contribution is -2.33. The SMILES string of the molecule is CCNc1nc(NC2CCC(C)CC2C)c(Cl)cc1Cl. The fraction of sp³-hybridized carbons (Fsp3) is 0.667. The lowest BCUT2D eigenvalue weighted by Gasteiger charge is -2.33. The van der Waals surface area contributed by atoms with Crippen molar-refractivity contribution in [2.45, 2.75) is 46.1 Å². The Morgan fingerprint density at radius 2 is 1.90 bits per heavy atom. The summed E-state index contributed by atoms with van der Waals surface area (Å²) in [5.74, 6) is 2.88. The number of aromatic nitrogens is 1. The van der Waals surface area contributed by atoms with E-state index in [-0.39, 0.29) is 0 Å². The van der Waals surface area contributed by atoms with Gasteiger partial charge < -0.3 is 10.6 Å². The second-order valence-corrected chi connectivity index (χ2v) is 6.64. The standard InChI is InChI=1S/C15H23Cl2N3/c1-4-18-14-11(16)8-12(17)15(20-14)19-13-6-5-9(2)7-10(13)3/h8-10,13H,4-7H2,1-3H3,(H2,18,19,20). The lowest BCUT2D eigenvalue weighted by molar-refractivity contribution is 0.276. The Morgan fingerprint density at radius 1 is 1.20 bits per heavy atom. The van der Waals surface area contributed by atoms with Crippen molar-refractivity contribution in [1.29, 1.82) is 0 Å². The molecule has 3 atom stereocenters. The Morgan fingerprint density at radius 3 is 2.55 bits per heavy atom. The van der Waals surface area contributed by atoms with Crippen molar-refractivity contribution in [3.05, 3.63) is 16.1 Å². The number of pyridine rings is 1. The van der Waals surface area contributed by atoms with Gasteiger partial charge >= 0.3 is 0 Å². The monoisotopic (exact) mass is 315 g/mol. The number of rotatable bonds is 4. The number of anilines is 2. The fourth-order valence-corrected chi connectivity index (χ4v) is 3.39. The normalized spacial score (nSPS) is 26.4. The van der Waals surface area contributed by atoms with E-state index in [0.29, 0.717) is 27.8 Å². The van der Waals surface area contributed by atoms with Gasteiger partial charge in [0.15, 0.2) is 0 Å². The van der Waals surface area contributed by atoms with Crippen LogP contribution in [0.1, 0.15) is 40.0 Å². The van der Waals surface area contributed by atoms with Gasteiger partial charge in [-0.3, -0.25) is 0 Å². The number of nitrogens with one attached hydrogen (secondary N) is 2. The van der Waals surface area contributed by atoms with E-state index in [1.807, 2.05) is 6.92 Å². The molecule has 3 unspecified atom stereocenters. The molecule has 3 nitrogen and oxygen atoms in total. The van der Waals surface area contributed by atoms with Crippen molar-refractivity contribution < 1.29 is 0 Å². The van der Waals surface area contributed by atoms with Gasteiger partial charge in [0.05, 0.1) is 10.0 Å². The van der Waals surface area contributed by atoms with Gasteiger partial charge in [-0.25, -0.2) is 4.98 Å². The third-order valence-corrected chi connectivity index (χ3v) is 4.60. The molecule has 0 aromatic carbocycles. The highest BCUT2D eigenvalue weighted by atomic mass is 35.5. The smallest absolute Gasteiger partial charge is 0.147 e. The van der Waals surface area contributed by atoms with Crippen LogP contribution in [-0.2, 0) is 0 Å². The maximum Gasteiger partial charge on any atom is 0.147 e. The van der Waals surface area contributed by atoms with E-state index in [4.69, 9.17) is 23.2 Å². The predicted octanol–water partition coefficient (Wildman–Crippen LogP) is 5.06. The summed E-state index contributed by atoms with van der Waals surface area (Å²) in [6.45, 7) is 7.42. The second kappa shape index (κ2) is 6.86. The molecule has 2 N–H and O–H groups in total. The summed E-state index contributed by atoms with van der Waals surface area (Å²) < 4.78 is 0. The summed E-state index contributed by atoms with van der Waals surface area (Å²) in [7, 11) is 0. The third kappa shape index (κ3) is 3.70. The summed E-state index contributed by atoms with van der Waals surface area (Å²) in [4.78, 5) is 4.52. The van der Waals surface area contributed by atoms with Crippen LogP contribution in [0.3, 0.4) is 0 Å². The first kappa shape index (κ1) is 15.7. The zero-order valence-electron chi connectivity index (χ0n) is 12.3.